The Hall–Kier alpha value is -3.18. The Kier molecular flexibility index (Phi) is 6.61. The molecule has 0 bridgehead atoms. The fourth-order valence-corrected chi connectivity index (χ4v) is 5.76. The van der Waals surface area contributed by atoms with Crippen molar-refractivity contribution >= 4 is 5.69 Å². The van der Waals surface area contributed by atoms with E-state index in [2.05, 4.69) is 47.9 Å². The zero-order valence-corrected chi connectivity index (χ0v) is 20.8. The first-order valence-electron chi connectivity index (χ1n) is 12.7. The van der Waals surface area contributed by atoms with Gasteiger partial charge in [-0.3, -0.25) is 4.90 Å². The van der Waals surface area contributed by atoms with E-state index in [1.54, 1.807) is 18.2 Å². The molecule has 2 aliphatic heterocycles. The van der Waals surface area contributed by atoms with Crippen molar-refractivity contribution in [2.45, 2.75) is 51.1 Å². The predicted octanol–water partition coefficient (Wildman–Crippen LogP) is 6.00. The molecule has 5 nitrogen and oxygen atoms in total. The van der Waals surface area contributed by atoms with E-state index in [1.165, 1.54) is 37.9 Å². The summed E-state index contributed by atoms with van der Waals surface area (Å²) in [5, 5.41) is 20.1. The molecular formula is C30H36N2O3. The fourth-order valence-electron chi connectivity index (χ4n) is 5.76. The normalized spacial score (nSPS) is 19.5. The minimum absolute atomic E-state index is 0.0698. The smallest absolute Gasteiger partial charge is 0.119 e. The van der Waals surface area contributed by atoms with Crippen LogP contribution in [-0.2, 0) is 12.0 Å². The largest absolute Gasteiger partial charge is 0.508 e. The maximum atomic E-state index is 10.2. The van der Waals surface area contributed by atoms with Gasteiger partial charge in [-0.1, -0.05) is 44.5 Å². The van der Waals surface area contributed by atoms with Crippen LogP contribution in [0.4, 0.5) is 5.69 Å². The number of likely N-dealkylation sites (tertiary alicyclic amines) is 1. The Balaban J connectivity index is 1.34. The van der Waals surface area contributed by atoms with Gasteiger partial charge in [0, 0.05) is 24.2 Å². The zero-order chi connectivity index (χ0) is 24.4. The van der Waals surface area contributed by atoms with E-state index >= 15 is 0 Å². The Morgan fingerprint density at radius 2 is 1.54 bits per heavy atom. The van der Waals surface area contributed by atoms with Gasteiger partial charge in [0.2, 0.25) is 0 Å². The van der Waals surface area contributed by atoms with Crippen LogP contribution in [-0.4, -0.2) is 41.4 Å². The van der Waals surface area contributed by atoms with Gasteiger partial charge in [-0.25, -0.2) is 0 Å². The topological polar surface area (TPSA) is 56.2 Å². The van der Waals surface area contributed by atoms with Crippen LogP contribution >= 0.6 is 0 Å². The first-order valence-corrected chi connectivity index (χ1v) is 12.7. The molecule has 0 spiro atoms. The number of rotatable bonds is 7. The van der Waals surface area contributed by atoms with E-state index in [1.807, 2.05) is 24.3 Å². The van der Waals surface area contributed by atoms with Crippen molar-refractivity contribution in [3.05, 3.63) is 83.4 Å². The second kappa shape index (κ2) is 9.82. The number of piperidine rings is 1. The standard InChI is InChI=1S/C30H36N2O3/c1-30(2)27-20-25(34)12-15-28(27)32(29(30)23-8-10-24(33)11-9-23)21-22-6-13-26(14-7-22)35-19-18-31-16-4-3-5-17-31/h6-15,20,29,33-34H,3-5,16-19,21H2,1-2H3. The Bertz CT molecular complexity index is 1140. The summed E-state index contributed by atoms with van der Waals surface area (Å²) < 4.78 is 6.03. The van der Waals surface area contributed by atoms with E-state index in [0.717, 1.165) is 42.3 Å². The van der Waals surface area contributed by atoms with Gasteiger partial charge in [-0.2, -0.15) is 0 Å². The molecule has 3 aromatic carbocycles. The second-order valence-corrected chi connectivity index (χ2v) is 10.4. The third kappa shape index (κ3) is 4.96. The summed E-state index contributed by atoms with van der Waals surface area (Å²) in [6, 6.07) is 21.7. The van der Waals surface area contributed by atoms with E-state index < -0.39 is 0 Å². The van der Waals surface area contributed by atoms with Crippen LogP contribution in [0.2, 0.25) is 0 Å². The van der Waals surface area contributed by atoms with Crippen LogP contribution in [0, 0.1) is 0 Å². The highest BCUT2D eigenvalue weighted by atomic mass is 16.5. The summed E-state index contributed by atoms with van der Waals surface area (Å²) >= 11 is 0. The number of aromatic hydroxyl groups is 2. The monoisotopic (exact) mass is 472 g/mol. The molecule has 1 saturated heterocycles. The van der Waals surface area contributed by atoms with Crippen LogP contribution in [0.5, 0.6) is 17.2 Å². The lowest BCUT2D eigenvalue weighted by molar-refractivity contribution is 0.183. The zero-order valence-electron chi connectivity index (χ0n) is 20.8. The SMILES string of the molecule is CC1(C)c2cc(O)ccc2N(Cc2ccc(OCCN3CCCCC3)cc2)C1c1ccc(O)cc1. The van der Waals surface area contributed by atoms with Gasteiger partial charge in [-0.15, -0.1) is 0 Å². The van der Waals surface area contributed by atoms with Gasteiger partial charge < -0.3 is 19.8 Å². The van der Waals surface area contributed by atoms with Crippen molar-refractivity contribution in [2.75, 3.05) is 31.1 Å². The summed E-state index contributed by atoms with van der Waals surface area (Å²) in [6.45, 7) is 9.28. The Morgan fingerprint density at radius 1 is 0.857 bits per heavy atom. The summed E-state index contributed by atoms with van der Waals surface area (Å²) in [5.41, 5.74) is 4.39. The first kappa shape index (κ1) is 23.6. The fraction of sp³-hybridized carbons (Fsp3) is 0.400. The molecule has 5 rings (SSSR count). The van der Waals surface area contributed by atoms with E-state index in [-0.39, 0.29) is 23.0 Å². The number of benzene rings is 3. The average Bonchev–Trinajstić information content (AvgIpc) is 3.07. The van der Waals surface area contributed by atoms with Crippen molar-refractivity contribution in [1.82, 2.24) is 4.90 Å². The molecule has 0 saturated carbocycles. The van der Waals surface area contributed by atoms with Gasteiger partial charge in [0.25, 0.3) is 0 Å². The summed E-state index contributed by atoms with van der Waals surface area (Å²) in [6.07, 6.45) is 3.96. The average molecular weight is 473 g/mol. The molecule has 0 aromatic heterocycles. The van der Waals surface area contributed by atoms with Gasteiger partial charge in [-0.05, 0) is 85.1 Å². The van der Waals surface area contributed by atoms with E-state index in [0.29, 0.717) is 0 Å². The van der Waals surface area contributed by atoms with Gasteiger partial charge >= 0.3 is 0 Å². The van der Waals surface area contributed by atoms with Gasteiger partial charge in [0.05, 0.1) is 6.04 Å². The molecule has 1 atom stereocenters. The molecule has 0 aliphatic carbocycles. The van der Waals surface area contributed by atoms with Crippen molar-refractivity contribution in [2.24, 2.45) is 0 Å². The van der Waals surface area contributed by atoms with Crippen molar-refractivity contribution < 1.29 is 14.9 Å². The summed E-state index contributed by atoms with van der Waals surface area (Å²) in [7, 11) is 0. The number of ether oxygens (including phenoxy) is 1. The van der Waals surface area contributed by atoms with Crippen LogP contribution in [0.1, 0.15) is 55.8 Å². The van der Waals surface area contributed by atoms with Crippen LogP contribution in [0.25, 0.3) is 0 Å². The Labute approximate surface area is 208 Å². The van der Waals surface area contributed by atoms with Crippen molar-refractivity contribution in [1.29, 1.82) is 0 Å². The van der Waals surface area contributed by atoms with Crippen LogP contribution < -0.4 is 9.64 Å². The van der Waals surface area contributed by atoms with Crippen molar-refractivity contribution in [3.8, 4) is 17.2 Å². The maximum absolute atomic E-state index is 10.2. The molecule has 1 unspecified atom stereocenters. The lowest BCUT2D eigenvalue weighted by Gasteiger charge is -2.35. The molecule has 2 N–H and O–H groups in total. The molecule has 3 aromatic rings. The summed E-state index contributed by atoms with van der Waals surface area (Å²) in [5.74, 6) is 1.46. The highest BCUT2D eigenvalue weighted by Crippen LogP contribution is 2.54. The molecule has 1 fully saturated rings. The molecule has 35 heavy (non-hydrogen) atoms. The maximum Gasteiger partial charge on any atom is 0.119 e. The minimum atomic E-state index is -0.220. The number of hydrogen-bond acceptors (Lipinski definition) is 5. The molecule has 184 valence electrons. The third-order valence-corrected chi connectivity index (χ3v) is 7.59. The highest BCUT2D eigenvalue weighted by Gasteiger charge is 2.45. The highest BCUT2D eigenvalue weighted by molar-refractivity contribution is 5.67. The lowest BCUT2D eigenvalue weighted by atomic mass is 9.77. The molecule has 0 amide bonds. The van der Waals surface area contributed by atoms with E-state index in [4.69, 9.17) is 4.74 Å². The first-order chi connectivity index (χ1) is 16.9. The van der Waals surface area contributed by atoms with Crippen LogP contribution in [0.15, 0.2) is 66.7 Å². The minimum Gasteiger partial charge on any atom is -0.508 e. The quantitative estimate of drug-likeness (QED) is 0.442. The van der Waals surface area contributed by atoms with Crippen molar-refractivity contribution in [3.63, 3.8) is 0 Å². The number of anilines is 1. The molecular weight excluding hydrogens is 436 g/mol. The van der Waals surface area contributed by atoms with Gasteiger partial charge in [0.1, 0.15) is 23.9 Å². The predicted molar refractivity (Wildman–Crippen MR) is 140 cm³/mol. The number of phenolic OH excluding ortho intramolecular Hbond substituents is 2. The number of nitrogens with zero attached hydrogens (tertiary/aromatic N) is 2. The molecule has 2 aliphatic rings. The Morgan fingerprint density at radius 3 is 2.26 bits per heavy atom. The number of fused-ring (bicyclic) bond motifs is 1. The summed E-state index contributed by atoms with van der Waals surface area (Å²) in [4.78, 5) is 4.90. The second-order valence-electron chi connectivity index (χ2n) is 10.4. The van der Waals surface area contributed by atoms with Crippen LogP contribution in [0.3, 0.4) is 0 Å². The third-order valence-electron chi connectivity index (χ3n) is 7.59. The number of hydrogen-bond donors (Lipinski definition) is 2. The molecule has 2 heterocycles. The van der Waals surface area contributed by atoms with E-state index in [9.17, 15) is 10.2 Å². The van der Waals surface area contributed by atoms with Gasteiger partial charge in [0.15, 0.2) is 0 Å². The number of phenols is 2. The lowest BCUT2D eigenvalue weighted by Crippen LogP contribution is -2.33. The molecule has 0 radical (unpaired) electrons. The molecule has 5 heteroatoms.